The summed E-state index contributed by atoms with van der Waals surface area (Å²) in [6.45, 7) is 1.42. The van der Waals surface area contributed by atoms with Crippen LogP contribution in [0.2, 0.25) is 0 Å². The second-order valence-corrected chi connectivity index (χ2v) is 4.67. The highest BCUT2D eigenvalue weighted by Crippen LogP contribution is 2.26. The molecule has 1 aliphatic rings. The van der Waals surface area contributed by atoms with Gasteiger partial charge in [-0.1, -0.05) is 12.1 Å². The van der Waals surface area contributed by atoms with Crippen molar-refractivity contribution in [2.75, 3.05) is 5.32 Å². The van der Waals surface area contributed by atoms with Gasteiger partial charge in [0.25, 0.3) is 11.1 Å². The largest absolute Gasteiger partial charge is 0.326 e. The molecule has 0 radical (unpaired) electrons. The van der Waals surface area contributed by atoms with Crippen molar-refractivity contribution in [1.29, 1.82) is 0 Å². The van der Waals surface area contributed by atoms with Gasteiger partial charge in [-0.2, -0.15) is 0 Å². The second-order valence-electron chi connectivity index (χ2n) is 3.66. The molecule has 0 aliphatic carbocycles. The van der Waals surface area contributed by atoms with E-state index in [1.165, 1.54) is 6.92 Å². The molecule has 2 rings (SSSR count). The van der Waals surface area contributed by atoms with Crippen molar-refractivity contribution < 1.29 is 14.4 Å². The number of imide groups is 1. The van der Waals surface area contributed by atoms with Gasteiger partial charge in [-0.05, 0) is 35.5 Å². The lowest BCUT2D eigenvalue weighted by Gasteiger charge is -2.02. The minimum atomic E-state index is -0.394. The van der Waals surface area contributed by atoms with Gasteiger partial charge in [-0.25, -0.2) is 0 Å². The van der Waals surface area contributed by atoms with Crippen molar-refractivity contribution in [3.05, 3.63) is 34.7 Å². The SMILES string of the molecule is CC(=O)Nc1cccc(C=C2SC(=O)NC2=O)c1. The van der Waals surface area contributed by atoms with Crippen LogP contribution in [0.1, 0.15) is 12.5 Å². The summed E-state index contributed by atoms with van der Waals surface area (Å²) in [4.78, 5) is 33.6. The molecule has 92 valence electrons. The fraction of sp³-hybridized carbons (Fsp3) is 0.0833. The number of hydrogen-bond acceptors (Lipinski definition) is 4. The molecule has 0 saturated carbocycles. The molecule has 1 aliphatic heterocycles. The van der Waals surface area contributed by atoms with E-state index in [4.69, 9.17) is 0 Å². The Morgan fingerprint density at radius 2 is 2.17 bits per heavy atom. The van der Waals surface area contributed by atoms with Gasteiger partial charge in [-0.3, -0.25) is 19.7 Å². The third-order valence-electron chi connectivity index (χ3n) is 2.15. The predicted molar refractivity (Wildman–Crippen MR) is 69.9 cm³/mol. The summed E-state index contributed by atoms with van der Waals surface area (Å²) >= 11 is 0.862. The van der Waals surface area contributed by atoms with Gasteiger partial charge in [0.05, 0.1) is 4.91 Å². The first-order valence-electron chi connectivity index (χ1n) is 5.17. The number of benzene rings is 1. The number of thioether (sulfide) groups is 1. The van der Waals surface area contributed by atoms with Crippen LogP contribution in [0, 0.1) is 0 Å². The summed E-state index contributed by atoms with van der Waals surface area (Å²) in [6, 6.07) is 7.02. The summed E-state index contributed by atoms with van der Waals surface area (Å²) < 4.78 is 0. The Bertz CT molecular complexity index is 566. The quantitative estimate of drug-likeness (QED) is 0.799. The van der Waals surface area contributed by atoms with Crippen molar-refractivity contribution >= 4 is 40.6 Å². The Morgan fingerprint density at radius 3 is 2.78 bits per heavy atom. The maximum Gasteiger partial charge on any atom is 0.290 e. The number of anilines is 1. The fourth-order valence-corrected chi connectivity index (χ4v) is 2.16. The van der Waals surface area contributed by atoms with E-state index in [9.17, 15) is 14.4 Å². The van der Waals surface area contributed by atoms with Crippen molar-refractivity contribution in [3.8, 4) is 0 Å². The first-order chi connectivity index (χ1) is 8.54. The molecule has 5 nitrogen and oxygen atoms in total. The molecule has 18 heavy (non-hydrogen) atoms. The lowest BCUT2D eigenvalue weighted by atomic mass is 10.2. The van der Waals surface area contributed by atoms with Gasteiger partial charge in [0.1, 0.15) is 0 Å². The molecule has 1 aromatic rings. The van der Waals surface area contributed by atoms with Crippen LogP contribution in [0.3, 0.4) is 0 Å². The van der Waals surface area contributed by atoms with E-state index >= 15 is 0 Å². The molecule has 1 heterocycles. The van der Waals surface area contributed by atoms with E-state index in [0.717, 1.165) is 17.3 Å². The lowest BCUT2D eigenvalue weighted by molar-refractivity contribution is -0.115. The van der Waals surface area contributed by atoms with Crippen molar-refractivity contribution in [2.45, 2.75) is 6.92 Å². The van der Waals surface area contributed by atoms with Crippen molar-refractivity contribution in [3.63, 3.8) is 0 Å². The summed E-state index contributed by atoms with van der Waals surface area (Å²) in [6.07, 6.45) is 1.61. The Balaban J connectivity index is 2.24. The standard InChI is InChI=1S/C12H10N2O3S/c1-7(15)13-9-4-2-3-8(5-9)6-10-11(16)14-12(17)18-10/h2-6H,1H3,(H,13,15)(H,14,16,17). The molecule has 2 N–H and O–H groups in total. The average Bonchev–Trinajstić information content (AvgIpc) is 2.57. The molecular formula is C12H10N2O3S. The molecule has 6 heteroatoms. The van der Waals surface area contributed by atoms with Crippen molar-refractivity contribution in [2.24, 2.45) is 0 Å². The number of carbonyl (C=O) groups is 3. The number of hydrogen-bond donors (Lipinski definition) is 2. The molecule has 1 aromatic carbocycles. The molecule has 0 unspecified atom stereocenters. The van der Waals surface area contributed by atoms with E-state index < -0.39 is 5.91 Å². The molecule has 3 amide bonds. The number of amides is 3. The van der Waals surface area contributed by atoms with E-state index in [0.29, 0.717) is 10.6 Å². The maximum absolute atomic E-state index is 11.4. The average molecular weight is 262 g/mol. The number of nitrogens with one attached hydrogen (secondary N) is 2. The van der Waals surface area contributed by atoms with Crippen LogP contribution in [0.25, 0.3) is 6.08 Å². The lowest BCUT2D eigenvalue weighted by Crippen LogP contribution is -2.17. The molecule has 1 fully saturated rings. The molecule has 0 aromatic heterocycles. The van der Waals surface area contributed by atoms with Gasteiger partial charge in [0.2, 0.25) is 5.91 Å². The van der Waals surface area contributed by atoms with E-state index in [1.54, 1.807) is 30.3 Å². The molecule has 0 bridgehead atoms. The van der Waals surface area contributed by atoms with Gasteiger partial charge in [0, 0.05) is 12.6 Å². The first kappa shape index (κ1) is 12.4. The van der Waals surface area contributed by atoms with Gasteiger partial charge in [0.15, 0.2) is 0 Å². The number of carbonyl (C=O) groups excluding carboxylic acids is 3. The zero-order valence-electron chi connectivity index (χ0n) is 9.52. The van der Waals surface area contributed by atoms with Gasteiger partial charge < -0.3 is 5.32 Å². The normalized spacial score (nSPS) is 16.8. The molecule has 0 spiro atoms. The van der Waals surface area contributed by atoms with Crippen LogP contribution in [0.5, 0.6) is 0 Å². The Hall–Kier alpha value is -2.08. The topological polar surface area (TPSA) is 75.3 Å². The van der Waals surface area contributed by atoms with E-state index in [1.807, 2.05) is 0 Å². The summed E-state index contributed by atoms with van der Waals surface area (Å²) in [5, 5.41) is 4.46. The van der Waals surface area contributed by atoms with Crippen LogP contribution < -0.4 is 10.6 Å². The van der Waals surface area contributed by atoms with Crippen LogP contribution in [-0.2, 0) is 9.59 Å². The third-order valence-corrected chi connectivity index (χ3v) is 2.96. The Kier molecular flexibility index (Phi) is 3.47. The second kappa shape index (κ2) is 5.05. The highest BCUT2D eigenvalue weighted by Gasteiger charge is 2.24. The minimum Gasteiger partial charge on any atom is -0.326 e. The smallest absolute Gasteiger partial charge is 0.290 e. The van der Waals surface area contributed by atoms with E-state index in [2.05, 4.69) is 10.6 Å². The number of rotatable bonds is 2. The Labute approximate surface area is 108 Å². The first-order valence-corrected chi connectivity index (χ1v) is 5.99. The molecule has 0 atom stereocenters. The third kappa shape index (κ3) is 2.98. The van der Waals surface area contributed by atoms with Crippen LogP contribution in [0.4, 0.5) is 10.5 Å². The van der Waals surface area contributed by atoms with Gasteiger partial charge >= 0.3 is 0 Å². The zero-order chi connectivity index (χ0) is 13.1. The van der Waals surface area contributed by atoms with Crippen molar-refractivity contribution in [1.82, 2.24) is 5.32 Å². The maximum atomic E-state index is 11.4. The Morgan fingerprint density at radius 1 is 1.39 bits per heavy atom. The van der Waals surface area contributed by atoms with Crippen LogP contribution in [-0.4, -0.2) is 17.1 Å². The summed E-state index contributed by atoms with van der Waals surface area (Å²) in [5.41, 5.74) is 1.39. The predicted octanol–water partition coefficient (Wildman–Crippen LogP) is 1.97. The zero-order valence-corrected chi connectivity index (χ0v) is 10.3. The van der Waals surface area contributed by atoms with E-state index in [-0.39, 0.29) is 11.1 Å². The van der Waals surface area contributed by atoms with Gasteiger partial charge in [-0.15, -0.1) is 0 Å². The van der Waals surface area contributed by atoms with Crippen LogP contribution >= 0.6 is 11.8 Å². The fourth-order valence-electron chi connectivity index (χ4n) is 1.48. The van der Waals surface area contributed by atoms with Crippen LogP contribution in [0.15, 0.2) is 29.2 Å². The highest BCUT2D eigenvalue weighted by molar-refractivity contribution is 8.18. The highest BCUT2D eigenvalue weighted by atomic mass is 32.2. The molecule has 1 saturated heterocycles. The monoisotopic (exact) mass is 262 g/mol. The molecular weight excluding hydrogens is 252 g/mol. The summed E-state index contributed by atoms with van der Waals surface area (Å²) in [7, 11) is 0. The minimum absolute atomic E-state index is 0.164. The summed E-state index contributed by atoms with van der Waals surface area (Å²) in [5.74, 6) is -0.558.